The Labute approximate surface area is 129 Å². The fraction of sp³-hybridized carbons (Fsp3) is 0.231. The van der Waals surface area contributed by atoms with Crippen molar-refractivity contribution in [2.24, 2.45) is 0 Å². The maximum atomic E-state index is 11.8. The topological polar surface area (TPSA) is 117 Å². The minimum absolute atomic E-state index is 0.138. The van der Waals surface area contributed by atoms with Gasteiger partial charge in [-0.15, -0.1) is 0 Å². The molecular weight excluding hydrogens is 310 g/mol. The van der Waals surface area contributed by atoms with Gasteiger partial charge in [0.05, 0.1) is 31.1 Å². The van der Waals surface area contributed by atoms with Crippen LogP contribution in [0.25, 0.3) is 11.0 Å². The number of ether oxygens (including phenoxy) is 1. The molecule has 3 heterocycles. The molecule has 0 unspecified atom stereocenters. The number of fused-ring (bicyclic) bond motifs is 1. The van der Waals surface area contributed by atoms with E-state index in [0.29, 0.717) is 28.3 Å². The molecule has 0 fully saturated rings. The molecule has 0 aliphatic heterocycles. The number of alkyl halides is 1. The van der Waals surface area contributed by atoms with E-state index >= 15 is 0 Å². The van der Waals surface area contributed by atoms with Gasteiger partial charge in [0.15, 0.2) is 5.56 Å². The number of hydrogen-bond acceptors (Lipinski definition) is 6. The predicted octanol–water partition coefficient (Wildman–Crippen LogP) is 0.720. The predicted molar refractivity (Wildman–Crippen MR) is 78.6 cm³/mol. The average molecular weight is 322 g/mol. The van der Waals surface area contributed by atoms with E-state index in [1.165, 1.54) is 12.4 Å². The van der Waals surface area contributed by atoms with E-state index in [1.807, 2.05) is 0 Å². The highest BCUT2D eigenvalue weighted by Gasteiger charge is 2.12. The summed E-state index contributed by atoms with van der Waals surface area (Å²) in [5, 5.41) is 15.3. The van der Waals surface area contributed by atoms with E-state index < -0.39 is 5.56 Å². The van der Waals surface area contributed by atoms with Crippen LogP contribution in [0, 0.1) is 0 Å². The van der Waals surface area contributed by atoms with Gasteiger partial charge in [0, 0.05) is 0 Å². The standard InChI is InChI=1S/C13H12ClN5O3/c14-10(22-8-2-1-7(6-20)15-4-8)3-11-17-9-5-16-19-12(9)13(21)18-11/h1-2,4-5,10,20H,3,6H2,(H,16,19)(H,17,18,21)/t10-/m1/s1. The van der Waals surface area contributed by atoms with Crippen molar-refractivity contribution in [1.29, 1.82) is 0 Å². The number of rotatable bonds is 5. The molecule has 0 saturated heterocycles. The Morgan fingerprint density at radius 3 is 2.95 bits per heavy atom. The van der Waals surface area contributed by atoms with Crippen LogP contribution >= 0.6 is 11.6 Å². The summed E-state index contributed by atoms with van der Waals surface area (Å²) in [4.78, 5) is 22.6. The van der Waals surface area contributed by atoms with Gasteiger partial charge < -0.3 is 14.8 Å². The molecule has 114 valence electrons. The monoisotopic (exact) mass is 321 g/mol. The fourth-order valence-electron chi connectivity index (χ4n) is 1.91. The number of nitrogens with zero attached hydrogens (tertiary/aromatic N) is 3. The molecule has 1 atom stereocenters. The lowest BCUT2D eigenvalue weighted by molar-refractivity contribution is 0.270. The number of aromatic nitrogens is 5. The molecular formula is C13H12ClN5O3. The Kier molecular flexibility index (Phi) is 4.03. The van der Waals surface area contributed by atoms with Crippen LogP contribution in [-0.2, 0) is 13.0 Å². The molecule has 0 aliphatic carbocycles. The zero-order chi connectivity index (χ0) is 15.5. The molecule has 0 aliphatic rings. The third-order valence-electron chi connectivity index (χ3n) is 2.94. The maximum absolute atomic E-state index is 11.8. The molecule has 0 aromatic carbocycles. The Balaban J connectivity index is 1.71. The van der Waals surface area contributed by atoms with Gasteiger partial charge in [-0.25, -0.2) is 4.98 Å². The Bertz CT molecular complexity index is 830. The van der Waals surface area contributed by atoms with Crippen molar-refractivity contribution in [3.63, 3.8) is 0 Å². The van der Waals surface area contributed by atoms with Crippen molar-refractivity contribution in [3.05, 3.63) is 46.4 Å². The molecule has 3 aromatic rings. The van der Waals surface area contributed by atoms with Crippen molar-refractivity contribution < 1.29 is 9.84 Å². The van der Waals surface area contributed by atoms with Crippen molar-refractivity contribution in [2.75, 3.05) is 0 Å². The number of pyridine rings is 1. The normalized spacial score (nSPS) is 12.5. The van der Waals surface area contributed by atoms with E-state index in [9.17, 15) is 4.79 Å². The summed E-state index contributed by atoms with van der Waals surface area (Å²) in [7, 11) is 0. The molecule has 0 amide bonds. The first-order chi connectivity index (χ1) is 10.7. The zero-order valence-corrected chi connectivity index (χ0v) is 12.0. The molecule has 3 aromatic heterocycles. The van der Waals surface area contributed by atoms with Gasteiger partial charge in [-0.2, -0.15) is 5.10 Å². The van der Waals surface area contributed by atoms with Gasteiger partial charge in [-0.05, 0) is 12.1 Å². The van der Waals surface area contributed by atoms with E-state index in [1.54, 1.807) is 12.1 Å². The van der Waals surface area contributed by atoms with Crippen molar-refractivity contribution >= 4 is 22.6 Å². The highest BCUT2D eigenvalue weighted by molar-refractivity contribution is 6.19. The Morgan fingerprint density at radius 2 is 2.23 bits per heavy atom. The molecule has 9 heteroatoms. The van der Waals surface area contributed by atoms with Crippen molar-refractivity contribution in [1.82, 2.24) is 25.1 Å². The fourth-order valence-corrected chi connectivity index (χ4v) is 2.16. The molecule has 0 radical (unpaired) electrons. The minimum Gasteiger partial charge on any atom is -0.473 e. The lowest BCUT2D eigenvalue weighted by atomic mass is 10.3. The van der Waals surface area contributed by atoms with Crippen LogP contribution in [0.3, 0.4) is 0 Å². The largest absolute Gasteiger partial charge is 0.473 e. The van der Waals surface area contributed by atoms with E-state index in [0.717, 1.165) is 0 Å². The quantitative estimate of drug-likeness (QED) is 0.596. The second kappa shape index (κ2) is 6.12. The number of nitrogens with one attached hydrogen (secondary N) is 2. The molecule has 3 rings (SSSR count). The highest BCUT2D eigenvalue weighted by Crippen LogP contribution is 2.15. The Hall–Kier alpha value is -2.45. The van der Waals surface area contributed by atoms with Crippen molar-refractivity contribution in [2.45, 2.75) is 18.6 Å². The summed E-state index contributed by atoms with van der Waals surface area (Å²) in [6, 6.07) is 3.29. The van der Waals surface area contributed by atoms with Crippen molar-refractivity contribution in [3.8, 4) is 5.75 Å². The Morgan fingerprint density at radius 1 is 1.36 bits per heavy atom. The first-order valence-electron chi connectivity index (χ1n) is 6.44. The lowest BCUT2D eigenvalue weighted by Gasteiger charge is -2.12. The second-order valence-electron chi connectivity index (χ2n) is 4.52. The average Bonchev–Trinajstić information content (AvgIpc) is 2.97. The van der Waals surface area contributed by atoms with Crippen LogP contribution in [0.1, 0.15) is 11.5 Å². The highest BCUT2D eigenvalue weighted by atomic mass is 35.5. The van der Waals surface area contributed by atoms with E-state index in [4.69, 9.17) is 21.4 Å². The molecule has 0 saturated carbocycles. The van der Waals surface area contributed by atoms with Crippen LogP contribution < -0.4 is 10.3 Å². The van der Waals surface area contributed by atoms with Gasteiger partial charge in [-0.3, -0.25) is 14.9 Å². The zero-order valence-electron chi connectivity index (χ0n) is 11.3. The summed E-state index contributed by atoms with van der Waals surface area (Å²) in [5.41, 5.74) is 0.288. The van der Waals surface area contributed by atoms with Gasteiger partial charge in [-0.1, -0.05) is 11.6 Å². The summed E-state index contributed by atoms with van der Waals surface area (Å²) in [6.45, 7) is -0.138. The minimum atomic E-state index is -0.728. The molecule has 0 spiro atoms. The first-order valence-corrected chi connectivity index (χ1v) is 6.88. The SMILES string of the molecule is O=c1[nH]c(C[C@H](Cl)Oc2ccc(CO)nc2)nc2cn[nH]c12. The van der Waals surface area contributed by atoms with Crippen LogP contribution in [-0.4, -0.2) is 35.8 Å². The number of H-pyrrole nitrogens is 2. The first kappa shape index (κ1) is 14.5. The van der Waals surface area contributed by atoms with E-state index in [-0.39, 0.29) is 18.6 Å². The molecule has 8 nitrogen and oxygen atoms in total. The molecule has 0 bridgehead atoms. The third kappa shape index (κ3) is 3.07. The number of aliphatic hydroxyl groups is 1. The third-order valence-corrected chi connectivity index (χ3v) is 3.18. The smallest absolute Gasteiger partial charge is 0.276 e. The number of halogens is 1. The van der Waals surface area contributed by atoms with Gasteiger partial charge >= 0.3 is 0 Å². The molecule has 22 heavy (non-hydrogen) atoms. The number of aromatic amines is 2. The van der Waals surface area contributed by atoms with Crippen LogP contribution in [0.5, 0.6) is 5.75 Å². The second-order valence-corrected chi connectivity index (χ2v) is 5.01. The summed E-state index contributed by atoms with van der Waals surface area (Å²) in [6.07, 6.45) is 3.14. The number of aliphatic hydroxyl groups excluding tert-OH is 1. The van der Waals surface area contributed by atoms with Crippen LogP contribution in [0.15, 0.2) is 29.3 Å². The summed E-state index contributed by atoms with van der Waals surface area (Å²) >= 11 is 6.12. The van der Waals surface area contributed by atoms with Crippen LogP contribution in [0.2, 0.25) is 0 Å². The van der Waals surface area contributed by atoms with E-state index in [2.05, 4.69) is 25.1 Å². The van der Waals surface area contributed by atoms with Crippen LogP contribution in [0.4, 0.5) is 0 Å². The van der Waals surface area contributed by atoms with Gasteiger partial charge in [0.1, 0.15) is 22.6 Å². The van der Waals surface area contributed by atoms with Gasteiger partial charge in [0.2, 0.25) is 0 Å². The lowest BCUT2D eigenvalue weighted by Crippen LogP contribution is -2.18. The maximum Gasteiger partial charge on any atom is 0.276 e. The summed E-state index contributed by atoms with van der Waals surface area (Å²) in [5.74, 6) is 0.864. The van der Waals surface area contributed by atoms with Gasteiger partial charge in [0.25, 0.3) is 5.56 Å². The number of hydrogen-bond donors (Lipinski definition) is 3. The molecule has 3 N–H and O–H groups in total. The summed E-state index contributed by atoms with van der Waals surface area (Å²) < 4.78 is 5.49.